The van der Waals surface area contributed by atoms with Crippen LogP contribution in [0.4, 0.5) is 0 Å². The van der Waals surface area contributed by atoms with E-state index >= 15 is 0 Å². The lowest BCUT2D eigenvalue weighted by molar-refractivity contribution is -0.138. The summed E-state index contributed by atoms with van der Waals surface area (Å²) in [6, 6.07) is 0. The van der Waals surface area contributed by atoms with Crippen molar-refractivity contribution < 1.29 is 14.7 Å². The van der Waals surface area contributed by atoms with Gasteiger partial charge in [0, 0.05) is 25.9 Å². The maximum Gasteiger partial charge on any atom is 0.303 e. The molecule has 1 saturated heterocycles. The minimum atomic E-state index is -0.756. The summed E-state index contributed by atoms with van der Waals surface area (Å²) < 4.78 is 0. The molecule has 0 aromatic heterocycles. The van der Waals surface area contributed by atoms with Gasteiger partial charge in [0.05, 0.1) is 0 Å². The summed E-state index contributed by atoms with van der Waals surface area (Å²) in [7, 11) is 0. The summed E-state index contributed by atoms with van der Waals surface area (Å²) in [5.41, 5.74) is 0. The third-order valence-corrected chi connectivity index (χ3v) is 3.60. The molecule has 1 amide bonds. The molecule has 104 valence electrons. The van der Waals surface area contributed by atoms with E-state index in [1.165, 1.54) is 19.3 Å². The second-order valence-electron chi connectivity index (χ2n) is 5.26. The lowest BCUT2D eigenvalue weighted by Crippen LogP contribution is -2.28. The third-order valence-electron chi connectivity index (χ3n) is 3.60. The van der Waals surface area contributed by atoms with E-state index in [9.17, 15) is 9.59 Å². The predicted octanol–water partition coefficient (Wildman–Crippen LogP) is 2.67. The number of hydrogen-bond acceptors (Lipinski definition) is 2. The van der Waals surface area contributed by atoms with Gasteiger partial charge in [-0.3, -0.25) is 9.59 Å². The number of carboxylic acid groups (broad SMARTS) is 1. The van der Waals surface area contributed by atoms with E-state index < -0.39 is 5.97 Å². The highest BCUT2D eigenvalue weighted by Gasteiger charge is 2.27. The summed E-state index contributed by atoms with van der Waals surface area (Å²) >= 11 is 0. The van der Waals surface area contributed by atoms with Crippen LogP contribution in [-0.4, -0.2) is 35.0 Å². The van der Waals surface area contributed by atoms with Gasteiger partial charge in [0.2, 0.25) is 5.91 Å². The zero-order chi connectivity index (χ0) is 13.4. The Kier molecular flexibility index (Phi) is 6.76. The highest BCUT2D eigenvalue weighted by molar-refractivity contribution is 5.76. The molecule has 0 saturated carbocycles. The Balaban J connectivity index is 2.13. The maximum absolute atomic E-state index is 11.9. The first-order chi connectivity index (χ1) is 8.63. The Labute approximate surface area is 109 Å². The van der Waals surface area contributed by atoms with E-state index in [1.807, 2.05) is 4.90 Å². The van der Waals surface area contributed by atoms with E-state index in [-0.39, 0.29) is 18.2 Å². The molecule has 0 aromatic carbocycles. The number of carbonyl (C=O) groups is 2. The molecule has 4 heteroatoms. The highest BCUT2D eigenvalue weighted by atomic mass is 16.4. The second kappa shape index (κ2) is 8.11. The topological polar surface area (TPSA) is 57.6 Å². The number of rotatable bonds is 8. The van der Waals surface area contributed by atoms with E-state index in [4.69, 9.17) is 5.11 Å². The molecule has 0 bridgehead atoms. The largest absolute Gasteiger partial charge is 0.481 e. The molecule has 1 aliphatic heterocycles. The van der Waals surface area contributed by atoms with Gasteiger partial charge in [-0.1, -0.05) is 32.6 Å². The Morgan fingerprint density at radius 3 is 2.61 bits per heavy atom. The van der Waals surface area contributed by atoms with Crippen LogP contribution in [0, 0.1) is 5.92 Å². The lowest BCUT2D eigenvalue weighted by Gasteiger charge is -2.16. The van der Waals surface area contributed by atoms with Crippen LogP contribution in [-0.2, 0) is 9.59 Å². The van der Waals surface area contributed by atoms with E-state index in [0.29, 0.717) is 13.0 Å². The van der Waals surface area contributed by atoms with E-state index in [2.05, 4.69) is 6.92 Å². The van der Waals surface area contributed by atoms with Crippen molar-refractivity contribution in [3.05, 3.63) is 0 Å². The van der Waals surface area contributed by atoms with Crippen LogP contribution in [0.1, 0.15) is 58.3 Å². The van der Waals surface area contributed by atoms with Crippen molar-refractivity contribution in [1.29, 1.82) is 0 Å². The van der Waals surface area contributed by atoms with Crippen LogP contribution in [0.3, 0.4) is 0 Å². The summed E-state index contributed by atoms with van der Waals surface area (Å²) in [5, 5.41) is 8.72. The third kappa shape index (κ3) is 5.52. The predicted molar refractivity (Wildman–Crippen MR) is 70.3 cm³/mol. The van der Waals surface area contributed by atoms with Crippen molar-refractivity contribution in [3.63, 3.8) is 0 Å². The monoisotopic (exact) mass is 255 g/mol. The number of likely N-dealkylation sites (tertiary alicyclic amines) is 1. The van der Waals surface area contributed by atoms with Crippen LogP contribution in [0.15, 0.2) is 0 Å². The molecule has 18 heavy (non-hydrogen) atoms. The number of carboxylic acids is 1. The molecule has 0 aliphatic carbocycles. The number of amides is 1. The van der Waals surface area contributed by atoms with Crippen molar-refractivity contribution in [1.82, 2.24) is 4.90 Å². The van der Waals surface area contributed by atoms with Crippen LogP contribution in [0.2, 0.25) is 0 Å². The first-order valence-electron chi connectivity index (χ1n) is 7.13. The number of nitrogens with zero attached hydrogens (tertiary/aromatic N) is 1. The molecular formula is C14H25NO3. The zero-order valence-corrected chi connectivity index (χ0v) is 11.4. The molecule has 0 radical (unpaired) electrons. The molecule has 0 aromatic rings. The molecule has 1 aliphatic rings. The fourth-order valence-electron chi connectivity index (χ4n) is 2.51. The number of hydrogen-bond donors (Lipinski definition) is 1. The molecule has 1 unspecified atom stereocenters. The Hall–Kier alpha value is -1.06. The number of carbonyl (C=O) groups excluding carboxylic acids is 1. The van der Waals surface area contributed by atoms with Gasteiger partial charge in [-0.15, -0.1) is 0 Å². The van der Waals surface area contributed by atoms with Crippen LogP contribution < -0.4 is 0 Å². The molecule has 1 atom stereocenters. The van der Waals surface area contributed by atoms with Crippen molar-refractivity contribution in [2.75, 3.05) is 13.1 Å². The Morgan fingerprint density at radius 1 is 1.22 bits per heavy atom. The van der Waals surface area contributed by atoms with Crippen molar-refractivity contribution in [2.24, 2.45) is 5.92 Å². The average molecular weight is 255 g/mol. The zero-order valence-electron chi connectivity index (χ0n) is 11.4. The average Bonchev–Trinajstić information content (AvgIpc) is 2.76. The number of aliphatic carboxylic acids is 1. The van der Waals surface area contributed by atoms with Gasteiger partial charge in [-0.2, -0.15) is 0 Å². The van der Waals surface area contributed by atoms with Gasteiger partial charge >= 0.3 is 5.97 Å². The molecule has 1 N–H and O–H groups in total. The van der Waals surface area contributed by atoms with Crippen LogP contribution in [0.5, 0.6) is 0 Å². The molecular weight excluding hydrogens is 230 g/mol. The first-order valence-corrected chi connectivity index (χ1v) is 7.13. The summed E-state index contributed by atoms with van der Waals surface area (Å²) in [6.07, 6.45) is 7.45. The Bertz CT molecular complexity index is 278. The smallest absolute Gasteiger partial charge is 0.303 e. The summed E-state index contributed by atoms with van der Waals surface area (Å²) in [4.78, 5) is 24.3. The molecule has 1 rings (SSSR count). The second-order valence-corrected chi connectivity index (χ2v) is 5.26. The highest BCUT2D eigenvalue weighted by Crippen LogP contribution is 2.20. The van der Waals surface area contributed by atoms with E-state index in [0.717, 1.165) is 25.8 Å². The van der Waals surface area contributed by atoms with Crippen molar-refractivity contribution >= 4 is 11.9 Å². The van der Waals surface area contributed by atoms with Gasteiger partial charge < -0.3 is 10.0 Å². The fourth-order valence-corrected chi connectivity index (χ4v) is 2.51. The quantitative estimate of drug-likeness (QED) is 0.678. The number of unbranched alkanes of at least 4 members (excludes halogenated alkanes) is 4. The first kappa shape index (κ1) is 15.0. The van der Waals surface area contributed by atoms with Crippen molar-refractivity contribution in [2.45, 2.75) is 58.3 Å². The minimum Gasteiger partial charge on any atom is -0.481 e. The van der Waals surface area contributed by atoms with Crippen LogP contribution in [0.25, 0.3) is 0 Å². The summed E-state index contributed by atoms with van der Waals surface area (Å²) in [5.74, 6) is -0.389. The van der Waals surface area contributed by atoms with Gasteiger partial charge in [-0.05, 0) is 18.8 Å². The van der Waals surface area contributed by atoms with Crippen molar-refractivity contribution in [3.8, 4) is 0 Å². The van der Waals surface area contributed by atoms with Gasteiger partial charge in [0.1, 0.15) is 0 Å². The fraction of sp³-hybridized carbons (Fsp3) is 0.857. The molecule has 4 nitrogen and oxygen atoms in total. The van der Waals surface area contributed by atoms with Crippen LogP contribution >= 0.6 is 0 Å². The minimum absolute atomic E-state index is 0.159. The lowest BCUT2D eigenvalue weighted by atomic mass is 10.1. The standard InChI is InChI=1S/C14H25NO3/c1-2-3-4-5-6-7-13(16)15-9-8-12(11-15)10-14(17)18/h12H,2-11H2,1H3,(H,17,18). The van der Waals surface area contributed by atoms with E-state index in [1.54, 1.807) is 0 Å². The maximum atomic E-state index is 11.9. The SMILES string of the molecule is CCCCCCCC(=O)N1CCC(CC(=O)O)C1. The van der Waals surface area contributed by atoms with Gasteiger partial charge in [0.15, 0.2) is 0 Å². The van der Waals surface area contributed by atoms with Gasteiger partial charge in [0.25, 0.3) is 0 Å². The Morgan fingerprint density at radius 2 is 1.94 bits per heavy atom. The summed E-state index contributed by atoms with van der Waals surface area (Å²) in [6.45, 7) is 3.56. The normalized spacial score (nSPS) is 19.2. The molecule has 1 heterocycles. The molecule has 0 spiro atoms. The molecule has 1 fully saturated rings. The van der Waals surface area contributed by atoms with Gasteiger partial charge in [-0.25, -0.2) is 0 Å².